The van der Waals surface area contributed by atoms with Crippen molar-refractivity contribution in [1.29, 1.82) is 0 Å². The second-order valence-electron chi connectivity index (χ2n) is 4.53. The number of ether oxygens (including phenoxy) is 1. The number of carbonyl (C=O) groups excluding carboxylic acids is 1. The maximum absolute atomic E-state index is 11.6. The van der Waals surface area contributed by atoms with E-state index in [0.29, 0.717) is 13.1 Å². The monoisotopic (exact) mass is 242 g/mol. The van der Waals surface area contributed by atoms with Crippen LogP contribution < -0.4 is 0 Å². The van der Waals surface area contributed by atoms with E-state index in [9.17, 15) is 9.59 Å². The van der Waals surface area contributed by atoms with Gasteiger partial charge in [-0.15, -0.1) is 0 Å². The van der Waals surface area contributed by atoms with Gasteiger partial charge in [0.2, 0.25) is 5.91 Å². The first-order valence-electron chi connectivity index (χ1n) is 5.97. The van der Waals surface area contributed by atoms with Gasteiger partial charge in [0.15, 0.2) is 0 Å². The second kappa shape index (κ2) is 5.46. The third-order valence-electron chi connectivity index (χ3n) is 3.35. The highest BCUT2D eigenvalue weighted by Gasteiger charge is 2.34. The molecule has 1 atom stereocenters. The first kappa shape index (κ1) is 12.3. The summed E-state index contributed by atoms with van der Waals surface area (Å²) in [4.78, 5) is 26.3. The Morgan fingerprint density at radius 3 is 2.65 bits per heavy atom. The fourth-order valence-electron chi connectivity index (χ4n) is 2.24. The van der Waals surface area contributed by atoms with E-state index in [0.717, 1.165) is 32.8 Å². The maximum atomic E-state index is 11.6. The first-order valence-corrected chi connectivity index (χ1v) is 5.97. The van der Waals surface area contributed by atoms with Gasteiger partial charge in [-0.25, -0.2) is 0 Å². The molecule has 2 fully saturated rings. The Balaban J connectivity index is 1.75. The zero-order valence-corrected chi connectivity index (χ0v) is 9.80. The van der Waals surface area contributed by atoms with Crippen LogP contribution in [0.4, 0.5) is 0 Å². The number of morpholine rings is 1. The lowest BCUT2D eigenvalue weighted by Crippen LogP contribution is -2.42. The number of amides is 1. The van der Waals surface area contributed by atoms with Crippen LogP contribution >= 0.6 is 0 Å². The lowest BCUT2D eigenvalue weighted by Gasteiger charge is -2.28. The Bertz CT molecular complexity index is 302. The molecule has 0 bridgehead atoms. The van der Waals surface area contributed by atoms with Crippen LogP contribution in [0.25, 0.3) is 0 Å². The Morgan fingerprint density at radius 2 is 2.06 bits per heavy atom. The summed E-state index contributed by atoms with van der Waals surface area (Å²) < 4.78 is 5.24. The van der Waals surface area contributed by atoms with Crippen LogP contribution in [-0.4, -0.2) is 72.7 Å². The summed E-state index contributed by atoms with van der Waals surface area (Å²) in [7, 11) is 0. The molecular weight excluding hydrogens is 224 g/mol. The molecule has 1 amide bonds. The molecule has 0 aromatic rings. The van der Waals surface area contributed by atoms with E-state index in [1.54, 1.807) is 4.90 Å². The Morgan fingerprint density at radius 1 is 1.35 bits per heavy atom. The van der Waals surface area contributed by atoms with Crippen molar-refractivity contribution in [3.63, 3.8) is 0 Å². The van der Waals surface area contributed by atoms with Crippen molar-refractivity contribution >= 4 is 11.9 Å². The number of carbonyl (C=O) groups is 2. The quantitative estimate of drug-likeness (QED) is 0.702. The predicted molar refractivity (Wildman–Crippen MR) is 59.6 cm³/mol. The van der Waals surface area contributed by atoms with E-state index in [-0.39, 0.29) is 12.3 Å². The van der Waals surface area contributed by atoms with E-state index in [1.165, 1.54) is 0 Å². The Hall–Kier alpha value is -1.14. The minimum Gasteiger partial charge on any atom is -0.481 e. The molecule has 2 aliphatic rings. The van der Waals surface area contributed by atoms with Crippen LogP contribution in [0.2, 0.25) is 0 Å². The number of likely N-dealkylation sites (tertiary alicyclic amines) is 1. The lowest BCUT2D eigenvalue weighted by atomic mass is 10.1. The molecule has 2 saturated heterocycles. The van der Waals surface area contributed by atoms with Gasteiger partial charge in [-0.05, 0) is 0 Å². The predicted octanol–water partition coefficient (Wildman–Crippen LogP) is -0.748. The summed E-state index contributed by atoms with van der Waals surface area (Å²) in [5.41, 5.74) is 0. The van der Waals surface area contributed by atoms with Crippen molar-refractivity contribution in [3.8, 4) is 0 Å². The zero-order valence-electron chi connectivity index (χ0n) is 9.80. The number of hydrogen-bond donors (Lipinski definition) is 1. The van der Waals surface area contributed by atoms with Gasteiger partial charge in [0, 0.05) is 39.1 Å². The standard InChI is InChI=1S/C11H18N2O4/c14-10-7-9(11(15)16)8-13(10)2-1-12-3-5-17-6-4-12/h9H,1-8H2,(H,15,16)/t9-/m0/s1. The van der Waals surface area contributed by atoms with Gasteiger partial charge in [-0.2, -0.15) is 0 Å². The number of rotatable bonds is 4. The van der Waals surface area contributed by atoms with Crippen molar-refractivity contribution in [1.82, 2.24) is 9.80 Å². The molecule has 17 heavy (non-hydrogen) atoms. The van der Waals surface area contributed by atoms with Crippen LogP contribution in [0.1, 0.15) is 6.42 Å². The van der Waals surface area contributed by atoms with Gasteiger partial charge in [0.25, 0.3) is 0 Å². The molecule has 2 aliphatic heterocycles. The van der Waals surface area contributed by atoms with Crippen LogP contribution in [0.3, 0.4) is 0 Å². The zero-order chi connectivity index (χ0) is 12.3. The van der Waals surface area contributed by atoms with Gasteiger partial charge in [-0.3, -0.25) is 14.5 Å². The summed E-state index contributed by atoms with van der Waals surface area (Å²) in [6, 6.07) is 0. The molecule has 96 valence electrons. The van der Waals surface area contributed by atoms with E-state index in [4.69, 9.17) is 9.84 Å². The van der Waals surface area contributed by atoms with Crippen LogP contribution in [0.15, 0.2) is 0 Å². The fourth-order valence-corrected chi connectivity index (χ4v) is 2.24. The summed E-state index contributed by atoms with van der Waals surface area (Å²) in [6.45, 7) is 5.06. The SMILES string of the molecule is O=C(O)[C@H]1CC(=O)N(CCN2CCOCC2)C1. The van der Waals surface area contributed by atoms with Crippen LogP contribution in [0, 0.1) is 5.92 Å². The van der Waals surface area contributed by atoms with Gasteiger partial charge in [0.05, 0.1) is 19.1 Å². The van der Waals surface area contributed by atoms with Crippen molar-refractivity contribution in [3.05, 3.63) is 0 Å². The minimum atomic E-state index is -0.868. The highest BCUT2D eigenvalue weighted by Crippen LogP contribution is 2.17. The normalized spacial score (nSPS) is 26.5. The third kappa shape index (κ3) is 3.17. The number of aliphatic carboxylic acids is 1. The highest BCUT2D eigenvalue weighted by molar-refractivity contribution is 5.86. The molecule has 6 nitrogen and oxygen atoms in total. The van der Waals surface area contributed by atoms with E-state index in [1.807, 2.05) is 0 Å². The average molecular weight is 242 g/mol. The molecule has 6 heteroatoms. The lowest BCUT2D eigenvalue weighted by molar-refractivity contribution is -0.141. The smallest absolute Gasteiger partial charge is 0.308 e. The average Bonchev–Trinajstić information content (AvgIpc) is 2.70. The van der Waals surface area contributed by atoms with Gasteiger partial charge < -0.3 is 14.7 Å². The molecule has 0 unspecified atom stereocenters. The van der Waals surface area contributed by atoms with E-state index < -0.39 is 11.9 Å². The summed E-state index contributed by atoms with van der Waals surface area (Å²) in [5.74, 6) is -1.43. The maximum Gasteiger partial charge on any atom is 0.308 e. The van der Waals surface area contributed by atoms with E-state index in [2.05, 4.69) is 4.90 Å². The number of nitrogens with zero attached hydrogens (tertiary/aromatic N) is 2. The number of carboxylic acid groups (broad SMARTS) is 1. The van der Waals surface area contributed by atoms with Crippen molar-refractivity contribution in [2.45, 2.75) is 6.42 Å². The number of hydrogen-bond acceptors (Lipinski definition) is 4. The van der Waals surface area contributed by atoms with Crippen LogP contribution in [0.5, 0.6) is 0 Å². The molecule has 0 saturated carbocycles. The summed E-state index contributed by atoms with van der Waals surface area (Å²) in [6.07, 6.45) is 0.151. The molecule has 0 spiro atoms. The second-order valence-corrected chi connectivity index (χ2v) is 4.53. The van der Waals surface area contributed by atoms with Crippen molar-refractivity contribution in [2.75, 3.05) is 45.9 Å². The highest BCUT2D eigenvalue weighted by atomic mass is 16.5. The molecule has 0 aliphatic carbocycles. The molecule has 2 rings (SSSR count). The van der Waals surface area contributed by atoms with E-state index >= 15 is 0 Å². The van der Waals surface area contributed by atoms with Gasteiger partial charge >= 0.3 is 5.97 Å². The molecule has 0 aromatic carbocycles. The summed E-state index contributed by atoms with van der Waals surface area (Å²) >= 11 is 0. The van der Waals surface area contributed by atoms with Gasteiger partial charge in [0.1, 0.15) is 0 Å². The Labute approximate surface area is 100 Å². The first-order chi connectivity index (χ1) is 8.16. The van der Waals surface area contributed by atoms with Crippen molar-refractivity contribution in [2.24, 2.45) is 5.92 Å². The molecule has 1 N–H and O–H groups in total. The fraction of sp³-hybridized carbons (Fsp3) is 0.818. The molecule has 2 heterocycles. The molecule has 0 radical (unpaired) electrons. The summed E-state index contributed by atoms with van der Waals surface area (Å²) in [5, 5.41) is 8.86. The topological polar surface area (TPSA) is 70.1 Å². The number of carboxylic acids is 1. The van der Waals surface area contributed by atoms with Gasteiger partial charge in [-0.1, -0.05) is 0 Å². The molecular formula is C11H18N2O4. The third-order valence-corrected chi connectivity index (χ3v) is 3.35. The Kier molecular flexibility index (Phi) is 3.96. The van der Waals surface area contributed by atoms with Crippen LogP contribution in [-0.2, 0) is 14.3 Å². The van der Waals surface area contributed by atoms with Crippen molar-refractivity contribution < 1.29 is 19.4 Å². The minimum absolute atomic E-state index is 0.0364. The largest absolute Gasteiger partial charge is 0.481 e. The molecule has 0 aromatic heterocycles.